The van der Waals surface area contributed by atoms with Crippen molar-refractivity contribution in [1.29, 1.82) is 0 Å². The van der Waals surface area contributed by atoms with Gasteiger partial charge < -0.3 is 9.84 Å². The predicted octanol–water partition coefficient (Wildman–Crippen LogP) is 1.87. The van der Waals surface area contributed by atoms with E-state index < -0.39 is 46.5 Å². The average Bonchev–Trinajstić information content (AvgIpc) is 2.22. The number of ether oxygens (including phenoxy) is 1. The van der Waals surface area contributed by atoms with E-state index in [1.807, 2.05) is 0 Å². The summed E-state index contributed by atoms with van der Waals surface area (Å²) < 4.78 is 55.7. The van der Waals surface area contributed by atoms with Crippen molar-refractivity contribution < 1.29 is 37.0 Å². The van der Waals surface area contributed by atoms with Crippen LogP contribution >= 0.6 is 0 Å². The highest BCUT2D eigenvalue weighted by Gasteiger charge is 2.31. The van der Waals surface area contributed by atoms with Crippen molar-refractivity contribution in [3.63, 3.8) is 0 Å². The predicted molar refractivity (Wildman–Crippen MR) is 44.5 cm³/mol. The quantitative estimate of drug-likeness (QED) is 0.287. The molecule has 0 unspecified atom stereocenters. The van der Waals surface area contributed by atoms with Crippen LogP contribution in [-0.2, 0) is 4.79 Å². The van der Waals surface area contributed by atoms with Crippen LogP contribution in [0.1, 0.15) is 17.3 Å². The fraction of sp³-hybridized carbons (Fsp3) is 0.111. The average molecular weight is 252 g/mol. The lowest BCUT2D eigenvalue weighted by Crippen LogP contribution is -2.14. The van der Waals surface area contributed by atoms with E-state index in [9.17, 15) is 27.2 Å². The maximum Gasteiger partial charge on any atom is 0.342 e. The third-order valence-electron chi connectivity index (χ3n) is 1.68. The van der Waals surface area contributed by atoms with Crippen molar-refractivity contribution in [1.82, 2.24) is 0 Å². The number of hydrogen-bond donors (Lipinski definition) is 1. The van der Waals surface area contributed by atoms with E-state index >= 15 is 0 Å². The normalized spacial score (nSPS) is 10.2. The maximum absolute atomic E-state index is 13.1. The largest absolute Gasteiger partial charge is 0.477 e. The van der Waals surface area contributed by atoms with Gasteiger partial charge in [-0.2, -0.15) is 4.39 Å². The number of aromatic carboxylic acids is 1. The fourth-order valence-electron chi connectivity index (χ4n) is 1.04. The second kappa shape index (κ2) is 4.40. The molecule has 0 aliphatic rings. The summed E-state index contributed by atoms with van der Waals surface area (Å²) in [6.45, 7) is 0.754. The lowest BCUT2D eigenvalue weighted by atomic mass is 10.1. The molecular weight excluding hydrogens is 248 g/mol. The molecule has 1 rings (SSSR count). The van der Waals surface area contributed by atoms with Crippen molar-refractivity contribution in [2.75, 3.05) is 0 Å². The Morgan fingerprint density at radius 2 is 1.47 bits per heavy atom. The zero-order valence-corrected chi connectivity index (χ0v) is 8.18. The minimum absolute atomic E-state index is 0.754. The first kappa shape index (κ1) is 12.9. The number of benzene rings is 1. The van der Waals surface area contributed by atoms with Crippen LogP contribution < -0.4 is 4.74 Å². The molecule has 0 aliphatic carbocycles. The summed E-state index contributed by atoms with van der Waals surface area (Å²) in [4.78, 5) is 21.1. The third kappa shape index (κ3) is 2.19. The number of carbonyl (C=O) groups is 2. The highest BCUT2D eigenvalue weighted by atomic mass is 19.2. The molecule has 0 spiro atoms. The van der Waals surface area contributed by atoms with Crippen molar-refractivity contribution >= 4 is 11.9 Å². The van der Waals surface area contributed by atoms with E-state index in [0.29, 0.717) is 0 Å². The summed E-state index contributed by atoms with van der Waals surface area (Å²) in [7, 11) is 0. The van der Waals surface area contributed by atoms with Gasteiger partial charge in [-0.15, -0.1) is 0 Å². The molecular formula is C9H4F4O4. The molecule has 1 N–H and O–H groups in total. The van der Waals surface area contributed by atoms with Crippen LogP contribution in [0.3, 0.4) is 0 Å². The lowest BCUT2D eigenvalue weighted by Gasteiger charge is -2.09. The molecule has 4 nitrogen and oxygen atoms in total. The van der Waals surface area contributed by atoms with Gasteiger partial charge in [0.1, 0.15) is 5.56 Å². The Labute approximate surface area is 91.4 Å². The number of rotatable bonds is 2. The summed E-state index contributed by atoms with van der Waals surface area (Å²) >= 11 is 0. The summed E-state index contributed by atoms with van der Waals surface area (Å²) in [5.41, 5.74) is -1.59. The molecule has 0 heterocycles. The van der Waals surface area contributed by atoms with Gasteiger partial charge in [0.2, 0.25) is 11.6 Å². The first-order valence-electron chi connectivity index (χ1n) is 4.05. The van der Waals surface area contributed by atoms with Gasteiger partial charge in [0, 0.05) is 6.92 Å². The van der Waals surface area contributed by atoms with Gasteiger partial charge >= 0.3 is 11.9 Å². The van der Waals surface area contributed by atoms with Gasteiger partial charge in [0.25, 0.3) is 0 Å². The molecule has 0 aromatic heterocycles. The molecule has 8 heteroatoms. The molecule has 0 atom stereocenters. The van der Waals surface area contributed by atoms with E-state index in [2.05, 4.69) is 4.74 Å². The minimum atomic E-state index is -2.30. The molecule has 0 bridgehead atoms. The molecule has 0 saturated carbocycles. The van der Waals surface area contributed by atoms with Gasteiger partial charge in [-0.05, 0) is 0 Å². The number of carbonyl (C=O) groups excluding carboxylic acids is 1. The summed E-state index contributed by atoms with van der Waals surface area (Å²) in [6.07, 6.45) is 0. The molecule has 17 heavy (non-hydrogen) atoms. The van der Waals surface area contributed by atoms with Crippen LogP contribution in [-0.4, -0.2) is 17.0 Å². The molecule has 0 fully saturated rings. The van der Waals surface area contributed by atoms with E-state index in [0.717, 1.165) is 6.92 Å². The molecule has 1 aromatic carbocycles. The minimum Gasteiger partial charge on any atom is -0.477 e. The number of halogens is 4. The zero-order chi connectivity index (χ0) is 13.3. The number of hydrogen-bond acceptors (Lipinski definition) is 3. The Bertz CT molecular complexity index is 512. The van der Waals surface area contributed by atoms with E-state index in [1.165, 1.54) is 0 Å². The standard InChI is InChI=1S/C9H4F4O4/c1-2(14)17-8-3(9(15)16)4(10)5(11)6(12)7(8)13/h1H3,(H,15,16). The Morgan fingerprint density at radius 3 is 1.88 bits per heavy atom. The van der Waals surface area contributed by atoms with E-state index in [4.69, 9.17) is 5.11 Å². The van der Waals surface area contributed by atoms with E-state index in [1.54, 1.807) is 0 Å². The Kier molecular flexibility index (Phi) is 3.35. The summed E-state index contributed by atoms with van der Waals surface area (Å²) in [5, 5.41) is 8.51. The van der Waals surface area contributed by atoms with Crippen molar-refractivity contribution in [2.24, 2.45) is 0 Å². The van der Waals surface area contributed by atoms with Gasteiger partial charge in [-0.3, -0.25) is 4.79 Å². The summed E-state index contributed by atoms with van der Waals surface area (Å²) in [5.74, 6) is -13.6. The smallest absolute Gasteiger partial charge is 0.342 e. The second-order valence-corrected chi connectivity index (χ2v) is 2.86. The first-order chi connectivity index (χ1) is 7.77. The number of esters is 1. The molecule has 0 saturated heterocycles. The van der Waals surface area contributed by atoms with Crippen LogP contribution in [0, 0.1) is 23.3 Å². The highest BCUT2D eigenvalue weighted by Crippen LogP contribution is 2.30. The first-order valence-corrected chi connectivity index (χ1v) is 4.05. The fourth-order valence-corrected chi connectivity index (χ4v) is 1.04. The van der Waals surface area contributed by atoms with Gasteiger partial charge in [0.15, 0.2) is 17.4 Å². The monoisotopic (exact) mass is 252 g/mol. The maximum atomic E-state index is 13.1. The Morgan fingerprint density at radius 1 is 1.00 bits per heavy atom. The number of carboxylic acid groups (broad SMARTS) is 1. The van der Waals surface area contributed by atoms with Crippen LogP contribution in [0.2, 0.25) is 0 Å². The SMILES string of the molecule is CC(=O)Oc1c(F)c(F)c(F)c(F)c1C(=O)O. The highest BCUT2D eigenvalue weighted by molar-refractivity contribution is 5.92. The molecule has 0 amide bonds. The third-order valence-corrected chi connectivity index (χ3v) is 1.68. The molecule has 1 aromatic rings. The number of carboxylic acids is 1. The van der Waals surface area contributed by atoms with Crippen molar-refractivity contribution in [3.05, 3.63) is 28.8 Å². The van der Waals surface area contributed by atoms with Gasteiger partial charge in [-0.1, -0.05) is 0 Å². The Balaban J connectivity index is 3.65. The van der Waals surface area contributed by atoms with E-state index in [-0.39, 0.29) is 0 Å². The second-order valence-electron chi connectivity index (χ2n) is 2.86. The van der Waals surface area contributed by atoms with Gasteiger partial charge in [0.05, 0.1) is 0 Å². The zero-order valence-electron chi connectivity index (χ0n) is 8.18. The Hall–Kier alpha value is -2.12. The molecule has 0 radical (unpaired) electrons. The topological polar surface area (TPSA) is 63.6 Å². The van der Waals surface area contributed by atoms with Gasteiger partial charge in [-0.25, -0.2) is 18.0 Å². The van der Waals surface area contributed by atoms with Crippen LogP contribution in [0.15, 0.2) is 0 Å². The molecule has 0 aliphatic heterocycles. The summed E-state index contributed by atoms with van der Waals surface area (Å²) in [6, 6.07) is 0. The van der Waals surface area contributed by atoms with Crippen LogP contribution in [0.5, 0.6) is 5.75 Å². The van der Waals surface area contributed by atoms with Crippen LogP contribution in [0.25, 0.3) is 0 Å². The van der Waals surface area contributed by atoms with Crippen molar-refractivity contribution in [3.8, 4) is 5.75 Å². The van der Waals surface area contributed by atoms with Crippen molar-refractivity contribution in [2.45, 2.75) is 6.92 Å². The van der Waals surface area contributed by atoms with Crippen LogP contribution in [0.4, 0.5) is 17.6 Å². The lowest BCUT2D eigenvalue weighted by molar-refractivity contribution is -0.132. The molecule has 92 valence electrons.